The lowest BCUT2D eigenvalue weighted by atomic mass is 10.1. The first kappa shape index (κ1) is 22.2. The number of hydrogen-bond acceptors (Lipinski definition) is 4. The van der Waals surface area contributed by atoms with Gasteiger partial charge >= 0.3 is 0 Å². The van der Waals surface area contributed by atoms with E-state index in [1.807, 2.05) is 42.5 Å². The van der Waals surface area contributed by atoms with Crippen molar-refractivity contribution in [1.82, 2.24) is 16.2 Å². The van der Waals surface area contributed by atoms with Gasteiger partial charge in [0.05, 0.1) is 6.54 Å². The number of thiocarbonyl (C=S) groups is 1. The van der Waals surface area contributed by atoms with Crippen molar-refractivity contribution in [3.05, 3.63) is 60.2 Å². The van der Waals surface area contributed by atoms with Gasteiger partial charge in [0.2, 0.25) is 0 Å². The predicted molar refractivity (Wildman–Crippen MR) is 117 cm³/mol. The summed E-state index contributed by atoms with van der Waals surface area (Å²) in [5, 5.41) is 5.70. The number of benzene rings is 2. The van der Waals surface area contributed by atoms with Gasteiger partial charge in [-0.15, -0.1) is 0 Å². The Morgan fingerprint density at radius 3 is 2.38 bits per heavy atom. The van der Waals surface area contributed by atoms with E-state index in [2.05, 4.69) is 28.4 Å². The number of carbonyl (C=O) groups excluding carboxylic acids is 2. The first-order valence-electron chi connectivity index (χ1n) is 9.46. The van der Waals surface area contributed by atoms with E-state index < -0.39 is 11.8 Å². The summed E-state index contributed by atoms with van der Waals surface area (Å²) in [7, 11) is 0. The molecule has 0 atom stereocenters. The predicted octanol–water partition coefficient (Wildman–Crippen LogP) is 2.54. The lowest BCUT2D eigenvalue weighted by Crippen LogP contribution is -2.48. The summed E-state index contributed by atoms with van der Waals surface area (Å²) in [6.07, 6.45) is 3.37. The molecule has 29 heavy (non-hydrogen) atoms. The minimum Gasteiger partial charge on any atom is -0.484 e. The molecule has 0 saturated carbocycles. The summed E-state index contributed by atoms with van der Waals surface area (Å²) in [6, 6.07) is 16.9. The number of ether oxygens (including phenoxy) is 1. The molecule has 0 aliphatic heterocycles. The summed E-state index contributed by atoms with van der Waals surface area (Å²) < 4.78 is 5.30. The summed E-state index contributed by atoms with van der Waals surface area (Å²) in [6.45, 7) is 1.80. The topological polar surface area (TPSA) is 91.5 Å². The summed E-state index contributed by atoms with van der Waals surface area (Å²) in [5.74, 6) is -0.242. The third-order valence-electron chi connectivity index (χ3n) is 3.91. The highest BCUT2D eigenvalue weighted by atomic mass is 32.1. The minimum absolute atomic E-state index is 0.168. The Bertz CT molecular complexity index is 797. The lowest BCUT2D eigenvalue weighted by Gasteiger charge is -2.12. The van der Waals surface area contributed by atoms with E-state index in [1.54, 1.807) is 12.1 Å². The highest BCUT2D eigenvalue weighted by Gasteiger charge is 2.07. The molecule has 4 N–H and O–H groups in total. The first-order valence-corrected chi connectivity index (χ1v) is 9.87. The van der Waals surface area contributed by atoms with Crippen molar-refractivity contribution in [2.24, 2.45) is 0 Å². The van der Waals surface area contributed by atoms with Crippen LogP contribution in [0.5, 0.6) is 5.75 Å². The number of hydrogen-bond donors (Lipinski definition) is 4. The third-order valence-corrected chi connectivity index (χ3v) is 4.11. The maximum Gasteiger partial charge on any atom is 0.258 e. The van der Waals surface area contributed by atoms with Crippen molar-refractivity contribution in [3.63, 3.8) is 0 Å². The zero-order valence-electron chi connectivity index (χ0n) is 16.4. The highest BCUT2D eigenvalue weighted by molar-refractivity contribution is 7.80. The molecule has 8 heteroatoms. The normalized spacial score (nSPS) is 9.97. The quantitative estimate of drug-likeness (QED) is 0.372. The molecule has 0 bridgehead atoms. The van der Waals surface area contributed by atoms with Gasteiger partial charge in [-0.2, -0.15) is 0 Å². The minimum atomic E-state index is -0.433. The standard InChI is InChI=1S/C21H26N4O3S/c1-2-3-7-16-10-12-17(13-11-16)23-21(29)25-24-19(26)14-22-20(27)15-28-18-8-5-4-6-9-18/h4-6,8-13H,2-3,7,14-15H2,1H3,(H,22,27)(H,24,26)(H2,23,25,29). The van der Waals surface area contributed by atoms with E-state index in [0.29, 0.717) is 5.75 Å². The van der Waals surface area contributed by atoms with Gasteiger partial charge in [-0.25, -0.2) is 0 Å². The number of hydrazine groups is 1. The van der Waals surface area contributed by atoms with E-state index in [0.717, 1.165) is 24.9 Å². The number of aryl methyl sites for hydroxylation is 1. The summed E-state index contributed by atoms with van der Waals surface area (Å²) in [5.41, 5.74) is 7.12. The molecule has 0 heterocycles. The molecule has 0 unspecified atom stereocenters. The molecule has 0 aliphatic carbocycles. The van der Waals surface area contributed by atoms with Crippen molar-refractivity contribution in [2.45, 2.75) is 26.2 Å². The van der Waals surface area contributed by atoms with Crippen LogP contribution in [-0.2, 0) is 16.0 Å². The van der Waals surface area contributed by atoms with Crippen molar-refractivity contribution < 1.29 is 14.3 Å². The van der Waals surface area contributed by atoms with Crippen LogP contribution in [0.4, 0.5) is 5.69 Å². The summed E-state index contributed by atoms with van der Waals surface area (Å²) >= 11 is 5.14. The molecule has 2 amide bonds. The van der Waals surface area contributed by atoms with Crippen molar-refractivity contribution in [2.75, 3.05) is 18.5 Å². The average Bonchev–Trinajstić information content (AvgIpc) is 2.75. The molecule has 2 aromatic carbocycles. The molecule has 0 aromatic heterocycles. The van der Waals surface area contributed by atoms with Crippen LogP contribution in [0.3, 0.4) is 0 Å². The Morgan fingerprint density at radius 1 is 0.966 bits per heavy atom. The van der Waals surface area contributed by atoms with Crippen molar-refractivity contribution in [3.8, 4) is 5.75 Å². The van der Waals surface area contributed by atoms with Gasteiger partial charge in [-0.05, 0) is 54.9 Å². The van der Waals surface area contributed by atoms with Gasteiger partial charge in [-0.3, -0.25) is 20.4 Å². The van der Waals surface area contributed by atoms with Crippen LogP contribution >= 0.6 is 12.2 Å². The molecule has 0 spiro atoms. The second-order valence-electron chi connectivity index (χ2n) is 6.31. The molecule has 0 aliphatic rings. The maximum absolute atomic E-state index is 11.8. The fourth-order valence-electron chi connectivity index (χ4n) is 2.36. The third kappa shape index (κ3) is 9.07. The van der Waals surface area contributed by atoms with Gasteiger partial charge < -0.3 is 15.4 Å². The largest absolute Gasteiger partial charge is 0.484 e. The molecule has 2 rings (SSSR count). The number of para-hydroxylation sites is 1. The number of rotatable bonds is 9. The smallest absolute Gasteiger partial charge is 0.258 e. The second-order valence-corrected chi connectivity index (χ2v) is 6.71. The molecular formula is C21H26N4O3S. The molecular weight excluding hydrogens is 388 g/mol. The second kappa shape index (κ2) is 12.4. The zero-order valence-corrected chi connectivity index (χ0v) is 17.2. The van der Waals surface area contributed by atoms with E-state index in [-0.39, 0.29) is 18.3 Å². The Morgan fingerprint density at radius 2 is 1.69 bits per heavy atom. The number of nitrogens with one attached hydrogen (secondary N) is 4. The van der Waals surface area contributed by atoms with Gasteiger partial charge in [0.15, 0.2) is 11.7 Å². The zero-order chi connectivity index (χ0) is 20.9. The number of carbonyl (C=O) groups is 2. The Kier molecular flexibility index (Phi) is 9.44. The molecule has 7 nitrogen and oxygen atoms in total. The van der Waals surface area contributed by atoms with Crippen LogP contribution in [0.2, 0.25) is 0 Å². The average molecular weight is 415 g/mol. The van der Waals surface area contributed by atoms with E-state index >= 15 is 0 Å². The Labute approximate surface area is 176 Å². The monoisotopic (exact) mass is 414 g/mol. The highest BCUT2D eigenvalue weighted by Crippen LogP contribution is 2.11. The fourth-order valence-corrected chi connectivity index (χ4v) is 2.53. The molecule has 154 valence electrons. The summed E-state index contributed by atoms with van der Waals surface area (Å²) in [4.78, 5) is 23.5. The van der Waals surface area contributed by atoms with Gasteiger partial charge in [0.25, 0.3) is 11.8 Å². The lowest BCUT2D eigenvalue weighted by molar-refractivity contribution is -0.127. The SMILES string of the molecule is CCCCc1ccc(NC(=S)NNC(=O)CNC(=O)COc2ccccc2)cc1. The van der Waals surface area contributed by atoms with Crippen LogP contribution in [0.25, 0.3) is 0 Å². The van der Waals surface area contributed by atoms with Crippen LogP contribution in [0.1, 0.15) is 25.3 Å². The van der Waals surface area contributed by atoms with Gasteiger partial charge in [0, 0.05) is 5.69 Å². The Hall–Kier alpha value is -3.13. The van der Waals surface area contributed by atoms with Crippen molar-refractivity contribution >= 4 is 34.8 Å². The maximum atomic E-state index is 11.8. The molecule has 0 radical (unpaired) electrons. The van der Waals surface area contributed by atoms with Crippen LogP contribution < -0.4 is 26.2 Å². The van der Waals surface area contributed by atoms with E-state index in [1.165, 1.54) is 5.56 Å². The first-order chi connectivity index (χ1) is 14.1. The fraction of sp³-hybridized carbons (Fsp3) is 0.286. The van der Waals surface area contributed by atoms with E-state index in [9.17, 15) is 9.59 Å². The number of anilines is 1. The van der Waals surface area contributed by atoms with Gasteiger partial charge in [-0.1, -0.05) is 43.7 Å². The number of amides is 2. The van der Waals surface area contributed by atoms with Crippen LogP contribution in [0, 0.1) is 0 Å². The molecule has 0 fully saturated rings. The van der Waals surface area contributed by atoms with Gasteiger partial charge in [0.1, 0.15) is 5.75 Å². The number of unbranched alkanes of at least 4 members (excludes halogenated alkanes) is 1. The van der Waals surface area contributed by atoms with E-state index in [4.69, 9.17) is 17.0 Å². The molecule has 2 aromatic rings. The Balaban J connectivity index is 1.61. The molecule has 0 saturated heterocycles. The van der Waals surface area contributed by atoms with Crippen LogP contribution in [-0.4, -0.2) is 30.1 Å². The van der Waals surface area contributed by atoms with Crippen LogP contribution in [0.15, 0.2) is 54.6 Å². The van der Waals surface area contributed by atoms with Crippen molar-refractivity contribution in [1.29, 1.82) is 0 Å².